The van der Waals surface area contributed by atoms with Crippen molar-refractivity contribution in [3.05, 3.63) is 98.4 Å². The second-order valence-electron chi connectivity index (χ2n) is 11.0. The molecule has 3 atom stereocenters. The third-order valence-corrected chi connectivity index (χ3v) is 9.75. The van der Waals surface area contributed by atoms with Crippen molar-refractivity contribution < 1.29 is 18.3 Å². The number of hydrogen-bond acceptors (Lipinski definition) is 7. The Balaban J connectivity index is 1.32. The van der Waals surface area contributed by atoms with Crippen molar-refractivity contribution in [3.63, 3.8) is 0 Å². The number of carbonyl (C=O) groups excluding carboxylic acids is 1. The van der Waals surface area contributed by atoms with Crippen molar-refractivity contribution in [1.29, 1.82) is 0 Å². The lowest BCUT2D eigenvalue weighted by Gasteiger charge is -2.52. The van der Waals surface area contributed by atoms with Gasteiger partial charge in [-0.3, -0.25) is 19.3 Å². The quantitative estimate of drug-likeness (QED) is 0.335. The van der Waals surface area contributed by atoms with Gasteiger partial charge in [0.1, 0.15) is 28.9 Å². The van der Waals surface area contributed by atoms with Crippen LogP contribution in [0.15, 0.2) is 59.5 Å². The van der Waals surface area contributed by atoms with Crippen molar-refractivity contribution in [2.24, 2.45) is 11.8 Å². The molecule has 0 N–H and O–H groups in total. The van der Waals surface area contributed by atoms with Crippen LogP contribution in [0.1, 0.15) is 45.9 Å². The summed E-state index contributed by atoms with van der Waals surface area (Å²) in [5.41, 5.74) is 0.596. The second-order valence-corrected chi connectivity index (χ2v) is 12.1. The molecular formula is C30H27F2N5O3S. The standard InChI is InChI=1S/C30H27F2N5O3S/c1-35-29(39)25-27(40-16-17-6-4-3-5-7-17)26(38)21(15-37(25)36(2)30(35)11-10-18-12-22(18)30)28-34-33-24(41-28)13-19-8-9-20(31)14-23(19)32/h3-9,14-15,18,22H,10-13,16H2,1-2H3. The Hall–Kier alpha value is -4.12. The summed E-state index contributed by atoms with van der Waals surface area (Å²) in [7, 11) is 3.76. The lowest BCUT2D eigenvalue weighted by Crippen LogP contribution is -2.68. The number of hydrogen-bond donors (Lipinski definition) is 0. The Labute approximate surface area is 238 Å². The third kappa shape index (κ3) is 4.05. The van der Waals surface area contributed by atoms with Crippen LogP contribution >= 0.6 is 11.3 Å². The summed E-state index contributed by atoms with van der Waals surface area (Å²) in [6.07, 6.45) is 4.71. The van der Waals surface area contributed by atoms with Gasteiger partial charge in [0.05, 0.1) is 5.56 Å². The number of pyridine rings is 1. The van der Waals surface area contributed by atoms with Crippen molar-refractivity contribution in [2.75, 3.05) is 19.1 Å². The van der Waals surface area contributed by atoms with E-state index < -0.39 is 22.7 Å². The largest absolute Gasteiger partial charge is 0.482 e. The predicted molar refractivity (Wildman–Crippen MR) is 149 cm³/mol. The number of nitrogens with zero attached hydrogens (tertiary/aromatic N) is 5. The molecule has 1 amide bonds. The molecular weight excluding hydrogens is 548 g/mol. The van der Waals surface area contributed by atoms with Crippen molar-refractivity contribution in [1.82, 2.24) is 19.8 Å². The highest BCUT2D eigenvalue weighted by atomic mass is 32.1. The molecule has 210 valence electrons. The van der Waals surface area contributed by atoms with Crippen LogP contribution in [0.5, 0.6) is 5.75 Å². The molecule has 2 aromatic heterocycles. The summed E-state index contributed by atoms with van der Waals surface area (Å²) >= 11 is 1.15. The monoisotopic (exact) mass is 575 g/mol. The summed E-state index contributed by atoms with van der Waals surface area (Å²) < 4.78 is 35.6. The first-order chi connectivity index (χ1) is 19.8. The van der Waals surface area contributed by atoms with E-state index in [9.17, 15) is 18.4 Å². The molecule has 2 aliphatic carbocycles. The molecule has 0 radical (unpaired) electrons. The van der Waals surface area contributed by atoms with Crippen LogP contribution in [0.4, 0.5) is 8.78 Å². The van der Waals surface area contributed by atoms with Gasteiger partial charge in [0.2, 0.25) is 5.43 Å². The van der Waals surface area contributed by atoms with E-state index in [0.29, 0.717) is 21.9 Å². The van der Waals surface area contributed by atoms with Crippen LogP contribution in [0.25, 0.3) is 10.6 Å². The highest BCUT2D eigenvalue weighted by Gasteiger charge is 2.65. The van der Waals surface area contributed by atoms with Gasteiger partial charge in [-0.2, -0.15) is 0 Å². The van der Waals surface area contributed by atoms with E-state index in [0.717, 1.165) is 42.2 Å². The second kappa shape index (κ2) is 9.47. The zero-order valence-corrected chi connectivity index (χ0v) is 23.3. The van der Waals surface area contributed by atoms with Crippen LogP contribution < -0.4 is 15.2 Å². The average Bonchev–Trinajstić information content (AvgIpc) is 3.44. The fourth-order valence-corrected chi connectivity index (χ4v) is 7.43. The van der Waals surface area contributed by atoms with E-state index in [1.807, 2.05) is 44.4 Å². The highest BCUT2D eigenvalue weighted by molar-refractivity contribution is 7.14. The first kappa shape index (κ1) is 25.8. The number of benzene rings is 2. The maximum absolute atomic E-state index is 14.3. The Morgan fingerprint density at radius 2 is 1.90 bits per heavy atom. The topological polar surface area (TPSA) is 80.6 Å². The fourth-order valence-electron chi connectivity index (χ4n) is 6.56. The van der Waals surface area contributed by atoms with E-state index in [4.69, 9.17) is 4.74 Å². The molecule has 4 aromatic rings. The smallest absolute Gasteiger partial charge is 0.278 e. The van der Waals surface area contributed by atoms with Crippen LogP contribution in [0, 0.1) is 23.5 Å². The van der Waals surface area contributed by atoms with Gasteiger partial charge in [-0.15, -0.1) is 10.2 Å². The molecule has 0 bridgehead atoms. The molecule has 2 aromatic carbocycles. The number of amides is 1. The predicted octanol–water partition coefficient (Wildman–Crippen LogP) is 4.59. The van der Waals surface area contributed by atoms with Crippen LogP contribution in [-0.4, -0.2) is 45.4 Å². The number of rotatable bonds is 6. The van der Waals surface area contributed by atoms with Gasteiger partial charge in [0.25, 0.3) is 5.91 Å². The lowest BCUT2D eigenvalue weighted by atomic mass is 9.98. The molecule has 41 heavy (non-hydrogen) atoms. The van der Waals surface area contributed by atoms with Gasteiger partial charge in [0.15, 0.2) is 16.5 Å². The molecule has 11 heteroatoms. The van der Waals surface area contributed by atoms with Gasteiger partial charge in [0, 0.05) is 38.7 Å². The minimum absolute atomic E-state index is 0.0448. The zero-order chi connectivity index (χ0) is 28.5. The van der Waals surface area contributed by atoms with Crippen LogP contribution in [0.3, 0.4) is 0 Å². The summed E-state index contributed by atoms with van der Waals surface area (Å²) in [5.74, 6) is -0.666. The minimum atomic E-state index is -0.670. The van der Waals surface area contributed by atoms with E-state index in [2.05, 4.69) is 15.2 Å². The van der Waals surface area contributed by atoms with Gasteiger partial charge < -0.3 is 9.64 Å². The zero-order valence-electron chi connectivity index (χ0n) is 22.5. The molecule has 3 heterocycles. The van der Waals surface area contributed by atoms with E-state index in [-0.39, 0.29) is 41.5 Å². The van der Waals surface area contributed by atoms with Gasteiger partial charge >= 0.3 is 0 Å². The Kier molecular flexibility index (Phi) is 5.97. The molecule has 2 fully saturated rings. The number of aromatic nitrogens is 3. The van der Waals surface area contributed by atoms with Gasteiger partial charge in [-0.25, -0.2) is 8.78 Å². The summed E-state index contributed by atoms with van der Waals surface area (Å²) in [6, 6.07) is 12.8. The Bertz CT molecular complexity index is 1740. The van der Waals surface area contributed by atoms with E-state index in [1.54, 1.807) is 15.8 Å². The van der Waals surface area contributed by atoms with Crippen molar-refractivity contribution >= 4 is 17.2 Å². The first-order valence-electron chi connectivity index (χ1n) is 13.5. The molecule has 2 saturated carbocycles. The van der Waals surface area contributed by atoms with E-state index in [1.165, 1.54) is 12.1 Å². The first-order valence-corrected chi connectivity index (χ1v) is 14.3. The maximum Gasteiger partial charge on any atom is 0.278 e. The average molecular weight is 576 g/mol. The molecule has 3 aliphatic rings. The Morgan fingerprint density at radius 1 is 1.10 bits per heavy atom. The van der Waals surface area contributed by atoms with Gasteiger partial charge in [-0.1, -0.05) is 47.7 Å². The molecule has 1 spiro atoms. The molecule has 1 aliphatic heterocycles. The normalized spacial score (nSPS) is 22.7. The molecule has 7 rings (SSSR count). The third-order valence-electron chi connectivity index (χ3n) is 8.80. The van der Waals surface area contributed by atoms with Crippen molar-refractivity contribution in [3.8, 4) is 16.3 Å². The minimum Gasteiger partial charge on any atom is -0.482 e. The number of halogens is 2. The Morgan fingerprint density at radius 3 is 2.61 bits per heavy atom. The lowest BCUT2D eigenvalue weighted by molar-refractivity contribution is 0.0327. The SMILES string of the molecule is CN1C(=O)c2c(OCc3ccccc3)c(=O)c(-c3nnc(Cc4ccc(F)cc4F)s3)cn2N(C)C12CCC1CC12. The highest BCUT2D eigenvalue weighted by Crippen LogP contribution is 2.61. The maximum atomic E-state index is 14.3. The van der Waals surface area contributed by atoms with E-state index >= 15 is 0 Å². The van der Waals surface area contributed by atoms with Crippen molar-refractivity contribution in [2.45, 2.75) is 38.0 Å². The fraction of sp³-hybridized carbons (Fsp3) is 0.333. The number of carbonyl (C=O) groups is 1. The summed E-state index contributed by atoms with van der Waals surface area (Å²) in [5, 5.41) is 11.3. The molecule has 3 unspecified atom stereocenters. The molecule has 0 saturated heterocycles. The van der Waals surface area contributed by atoms with Crippen LogP contribution in [0.2, 0.25) is 0 Å². The number of fused-ring (bicyclic) bond motifs is 3. The number of ether oxygens (including phenoxy) is 1. The summed E-state index contributed by atoms with van der Waals surface area (Å²) in [6.45, 7) is 0.105. The molecule has 8 nitrogen and oxygen atoms in total. The summed E-state index contributed by atoms with van der Waals surface area (Å²) in [4.78, 5) is 29.7. The van der Waals surface area contributed by atoms with Crippen LogP contribution in [-0.2, 0) is 13.0 Å². The van der Waals surface area contributed by atoms with Gasteiger partial charge in [-0.05, 0) is 42.4 Å².